The summed E-state index contributed by atoms with van der Waals surface area (Å²) in [5.41, 5.74) is 2.62. The van der Waals surface area contributed by atoms with Crippen LogP contribution in [-0.4, -0.2) is 24.2 Å². The number of H-pyrrole nitrogens is 1. The number of ether oxygens (including phenoxy) is 2. The van der Waals surface area contributed by atoms with Gasteiger partial charge in [0, 0.05) is 6.07 Å². The summed E-state index contributed by atoms with van der Waals surface area (Å²) in [6.07, 6.45) is 0. The number of aromatic nitrogens is 2. The van der Waals surface area contributed by atoms with Crippen molar-refractivity contribution in [1.29, 1.82) is 0 Å². The fourth-order valence-corrected chi connectivity index (χ4v) is 3.52. The molecule has 3 aromatic carbocycles. The van der Waals surface area contributed by atoms with Gasteiger partial charge in [-0.05, 0) is 17.2 Å². The molecule has 4 aromatic rings. The number of hydrogen-bond donors (Lipinski definition) is 2. The van der Waals surface area contributed by atoms with Gasteiger partial charge >= 0.3 is 0 Å². The molecule has 0 saturated carbocycles. The molecule has 1 aromatic heterocycles. The van der Waals surface area contributed by atoms with Gasteiger partial charge in [0.05, 0.1) is 37.7 Å². The predicted molar refractivity (Wildman–Crippen MR) is 117 cm³/mol. The Morgan fingerprint density at radius 1 is 0.900 bits per heavy atom. The lowest BCUT2D eigenvalue weighted by Gasteiger charge is -2.20. The van der Waals surface area contributed by atoms with Crippen LogP contribution in [0.2, 0.25) is 0 Å². The molecule has 0 fully saturated rings. The van der Waals surface area contributed by atoms with Crippen molar-refractivity contribution in [2.45, 2.75) is 12.6 Å². The van der Waals surface area contributed by atoms with Gasteiger partial charge in [0.25, 0.3) is 5.56 Å². The smallest absolute Gasteiger partial charge is 0.258 e. The molecule has 0 atom stereocenters. The van der Waals surface area contributed by atoms with Crippen molar-refractivity contribution in [3.63, 3.8) is 0 Å². The number of methoxy groups -OCH3 is 2. The van der Waals surface area contributed by atoms with Crippen LogP contribution in [0.15, 0.2) is 77.6 Å². The van der Waals surface area contributed by atoms with Gasteiger partial charge in [-0.2, -0.15) is 0 Å². The van der Waals surface area contributed by atoms with E-state index in [1.165, 1.54) is 7.11 Å². The lowest BCUT2D eigenvalue weighted by Crippen LogP contribution is -2.25. The molecular formula is C24H23N3O3. The largest absolute Gasteiger partial charge is 0.493 e. The average Bonchev–Trinajstić information content (AvgIpc) is 2.80. The van der Waals surface area contributed by atoms with Gasteiger partial charge in [-0.25, -0.2) is 4.98 Å². The molecule has 6 heteroatoms. The Morgan fingerprint density at radius 2 is 1.47 bits per heavy atom. The van der Waals surface area contributed by atoms with Crippen molar-refractivity contribution in [1.82, 2.24) is 15.3 Å². The van der Waals surface area contributed by atoms with Gasteiger partial charge in [0.1, 0.15) is 5.82 Å². The molecule has 0 bridgehead atoms. The lowest BCUT2D eigenvalue weighted by molar-refractivity contribution is 0.355. The molecular weight excluding hydrogens is 378 g/mol. The Labute approximate surface area is 174 Å². The van der Waals surface area contributed by atoms with Crippen LogP contribution in [0.3, 0.4) is 0 Å². The van der Waals surface area contributed by atoms with Crippen LogP contribution in [0.5, 0.6) is 11.5 Å². The maximum atomic E-state index is 12.6. The topological polar surface area (TPSA) is 76.2 Å². The summed E-state index contributed by atoms with van der Waals surface area (Å²) in [4.78, 5) is 20.1. The first-order chi connectivity index (χ1) is 14.7. The van der Waals surface area contributed by atoms with Crippen molar-refractivity contribution < 1.29 is 9.47 Å². The molecule has 0 aliphatic carbocycles. The third-order valence-corrected chi connectivity index (χ3v) is 5.00. The van der Waals surface area contributed by atoms with Gasteiger partial charge in [-0.15, -0.1) is 0 Å². The number of fused-ring (bicyclic) bond motifs is 1. The highest BCUT2D eigenvalue weighted by Gasteiger charge is 2.15. The predicted octanol–water partition coefficient (Wildman–Crippen LogP) is 3.82. The number of rotatable bonds is 7. The summed E-state index contributed by atoms with van der Waals surface area (Å²) < 4.78 is 10.6. The van der Waals surface area contributed by atoms with Gasteiger partial charge in [-0.3, -0.25) is 10.1 Å². The van der Waals surface area contributed by atoms with Crippen LogP contribution < -0.4 is 20.3 Å². The maximum Gasteiger partial charge on any atom is 0.258 e. The minimum absolute atomic E-state index is 0.0289. The van der Waals surface area contributed by atoms with E-state index in [0.29, 0.717) is 34.8 Å². The first-order valence-corrected chi connectivity index (χ1v) is 9.68. The zero-order valence-corrected chi connectivity index (χ0v) is 16.9. The minimum atomic E-state index is -0.214. The third kappa shape index (κ3) is 4.04. The van der Waals surface area contributed by atoms with E-state index < -0.39 is 0 Å². The number of hydrogen-bond acceptors (Lipinski definition) is 5. The Morgan fingerprint density at radius 3 is 2.03 bits per heavy atom. The Bertz CT molecular complexity index is 1150. The first-order valence-electron chi connectivity index (χ1n) is 9.68. The molecule has 6 nitrogen and oxygen atoms in total. The van der Waals surface area contributed by atoms with E-state index in [1.807, 2.05) is 36.4 Å². The van der Waals surface area contributed by atoms with E-state index in [1.54, 1.807) is 19.2 Å². The molecule has 0 aliphatic rings. The maximum absolute atomic E-state index is 12.6. The molecule has 0 unspecified atom stereocenters. The standard InChI is InChI=1S/C24H23N3O3/c1-29-20-13-18-19(14-21(20)30-2)26-22(27-24(18)28)15-25-23(16-9-5-3-6-10-16)17-11-7-4-8-12-17/h3-14,23,25H,15H2,1-2H3,(H,26,27,28). The molecule has 2 N–H and O–H groups in total. The molecule has 1 heterocycles. The number of aromatic amines is 1. The van der Waals surface area contributed by atoms with Crippen molar-refractivity contribution in [3.8, 4) is 11.5 Å². The minimum Gasteiger partial charge on any atom is -0.493 e. The molecule has 0 radical (unpaired) electrons. The number of benzene rings is 3. The summed E-state index contributed by atoms with van der Waals surface area (Å²) >= 11 is 0. The molecule has 0 saturated heterocycles. The van der Waals surface area contributed by atoms with E-state index >= 15 is 0 Å². The Balaban J connectivity index is 1.66. The van der Waals surface area contributed by atoms with Crippen molar-refractivity contribution in [3.05, 3.63) is 100 Å². The average molecular weight is 401 g/mol. The summed E-state index contributed by atoms with van der Waals surface area (Å²) in [5.74, 6) is 1.58. The van der Waals surface area contributed by atoms with Crippen LogP contribution >= 0.6 is 0 Å². The van der Waals surface area contributed by atoms with E-state index in [-0.39, 0.29) is 11.6 Å². The van der Waals surface area contributed by atoms with E-state index in [9.17, 15) is 4.79 Å². The van der Waals surface area contributed by atoms with Crippen molar-refractivity contribution >= 4 is 10.9 Å². The third-order valence-electron chi connectivity index (χ3n) is 5.00. The van der Waals surface area contributed by atoms with Gasteiger partial charge in [0.2, 0.25) is 0 Å². The van der Waals surface area contributed by atoms with Gasteiger partial charge < -0.3 is 14.5 Å². The summed E-state index contributed by atoms with van der Waals surface area (Å²) in [6.45, 7) is 0.397. The monoisotopic (exact) mass is 401 g/mol. The summed E-state index contributed by atoms with van der Waals surface area (Å²) in [6, 6.07) is 23.7. The van der Waals surface area contributed by atoms with E-state index in [0.717, 1.165) is 11.1 Å². The van der Waals surface area contributed by atoms with Crippen molar-refractivity contribution in [2.24, 2.45) is 0 Å². The highest BCUT2D eigenvalue weighted by Crippen LogP contribution is 2.30. The van der Waals surface area contributed by atoms with Crippen LogP contribution in [0.4, 0.5) is 0 Å². The zero-order chi connectivity index (χ0) is 20.9. The van der Waals surface area contributed by atoms with E-state index in [2.05, 4.69) is 39.6 Å². The molecule has 4 rings (SSSR count). The summed E-state index contributed by atoms with van der Waals surface area (Å²) in [5, 5.41) is 3.98. The van der Waals surface area contributed by atoms with Gasteiger partial charge in [-0.1, -0.05) is 60.7 Å². The van der Waals surface area contributed by atoms with E-state index in [4.69, 9.17) is 9.47 Å². The summed E-state index contributed by atoms with van der Waals surface area (Å²) in [7, 11) is 3.10. The van der Waals surface area contributed by atoms with Crippen LogP contribution in [0.25, 0.3) is 10.9 Å². The Kier molecular flexibility index (Phi) is 5.77. The Hall–Kier alpha value is -3.64. The molecule has 152 valence electrons. The fourth-order valence-electron chi connectivity index (χ4n) is 3.52. The molecule has 0 amide bonds. The van der Waals surface area contributed by atoms with Crippen molar-refractivity contribution in [2.75, 3.05) is 14.2 Å². The second-order valence-corrected chi connectivity index (χ2v) is 6.87. The molecule has 30 heavy (non-hydrogen) atoms. The quantitative estimate of drug-likeness (QED) is 0.492. The molecule has 0 spiro atoms. The van der Waals surface area contributed by atoms with Crippen LogP contribution in [-0.2, 0) is 6.54 Å². The second kappa shape index (κ2) is 8.80. The second-order valence-electron chi connectivity index (χ2n) is 6.87. The fraction of sp³-hybridized carbons (Fsp3) is 0.167. The van der Waals surface area contributed by atoms with Crippen LogP contribution in [0.1, 0.15) is 23.0 Å². The zero-order valence-electron chi connectivity index (χ0n) is 16.9. The van der Waals surface area contributed by atoms with Gasteiger partial charge in [0.15, 0.2) is 11.5 Å². The lowest BCUT2D eigenvalue weighted by atomic mass is 9.99. The normalized spacial score (nSPS) is 11.0. The number of nitrogens with one attached hydrogen (secondary N) is 2. The van der Waals surface area contributed by atoms with Crippen LogP contribution in [0, 0.1) is 0 Å². The highest BCUT2D eigenvalue weighted by atomic mass is 16.5. The SMILES string of the molecule is COc1cc2nc(CNC(c3ccccc3)c3ccccc3)[nH]c(=O)c2cc1OC. The highest BCUT2D eigenvalue weighted by molar-refractivity contribution is 5.81. The number of nitrogens with zero attached hydrogens (tertiary/aromatic N) is 1. The molecule has 0 aliphatic heterocycles. The first kappa shape index (κ1) is 19.7.